The van der Waals surface area contributed by atoms with Gasteiger partial charge in [-0.3, -0.25) is 0 Å². The van der Waals surface area contributed by atoms with E-state index in [1.54, 1.807) is 0 Å². The second-order valence-corrected chi connectivity index (χ2v) is 4.81. The molecule has 2 N–H and O–H groups in total. The van der Waals surface area contributed by atoms with Crippen LogP contribution in [0.3, 0.4) is 0 Å². The number of rotatable bonds is 3. The van der Waals surface area contributed by atoms with Gasteiger partial charge in [0.2, 0.25) is 0 Å². The number of hydrogen-bond donors (Lipinski definition) is 1. The molecule has 0 unspecified atom stereocenters. The first-order chi connectivity index (χ1) is 9.24. The highest BCUT2D eigenvalue weighted by Crippen LogP contribution is 2.14. The Kier molecular flexibility index (Phi) is 2.95. The van der Waals surface area contributed by atoms with Crippen LogP contribution in [0.15, 0.2) is 48.7 Å². The maximum absolute atomic E-state index is 5.70. The number of anilines is 1. The van der Waals surface area contributed by atoms with Crippen molar-refractivity contribution in [3.05, 3.63) is 65.7 Å². The minimum absolute atomic E-state index is 0.811. The molecule has 3 rings (SSSR count). The Balaban J connectivity index is 1.84. The summed E-state index contributed by atoms with van der Waals surface area (Å²) in [5.74, 6) is 1.12. The van der Waals surface area contributed by atoms with Crippen molar-refractivity contribution in [2.24, 2.45) is 0 Å². The summed E-state index contributed by atoms with van der Waals surface area (Å²) in [7, 11) is 0. The number of nitrogens with zero attached hydrogens (tertiary/aromatic N) is 2. The number of aromatic nitrogens is 2. The largest absolute Gasteiger partial charge is 0.399 e. The van der Waals surface area contributed by atoms with Crippen LogP contribution in [0, 0.1) is 6.92 Å². The summed E-state index contributed by atoms with van der Waals surface area (Å²) in [4.78, 5) is 4.66. The summed E-state index contributed by atoms with van der Waals surface area (Å²) in [6, 6.07) is 14.3. The number of hydrogen-bond acceptors (Lipinski definition) is 2. The fraction of sp³-hybridized carbons (Fsp3) is 0.188. The van der Waals surface area contributed by atoms with Crippen molar-refractivity contribution >= 4 is 11.2 Å². The van der Waals surface area contributed by atoms with Crippen molar-refractivity contribution in [1.82, 2.24) is 9.38 Å². The first-order valence-electron chi connectivity index (χ1n) is 6.51. The van der Waals surface area contributed by atoms with Crippen LogP contribution in [-0.4, -0.2) is 9.38 Å². The predicted molar refractivity (Wildman–Crippen MR) is 78.2 cm³/mol. The average molecular weight is 251 g/mol. The molecule has 3 nitrogen and oxygen atoms in total. The van der Waals surface area contributed by atoms with Crippen LogP contribution in [0.2, 0.25) is 0 Å². The Hall–Kier alpha value is -2.29. The van der Waals surface area contributed by atoms with E-state index in [4.69, 9.17) is 5.73 Å². The Labute approximate surface area is 112 Å². The summed E-state index contributed by atoms with van der Waals surface area (Å²) in [6.07, 6.45) is 3.99. The third-order valence-corrected chi connectivity index (χ3v) is 3.42. The maximum Gasteiger partial charge on any atom is 0.113 e. The molecule has 96 valence electrons. The minimum Gasteiger partial charge on any atom is -0.399 e. The van der Waals surface area contributed by atoms with Crippen LogP contribution in [0.4, 0.5) is 5.69 Å². The van der Waals surface area contributed by atoms with E-state index in [1.165, 1.54) is 11.1 Å². The summed E-state index contributed by atoms with van der Waals surface area (Å²) in [5, 5.41) is 0. The second kappa shape index (κ2) is 4.76. The second-order valence-electron chi connectivity index (χ2n) is 4.81. The van der Waals surface area contributed by atoms with E-state index in [-0.39, 0.29) is 0 Å². The molecule has 3 aromatic rings. The van der Waals surface area contributed by atoms with Gasteiger partial charge in [0, 0.05) is 18.3 Å². The molecule has 2 heterocycles. The van der Waals surface area contributed by atoms with E-state index in [2.05, 4.69) is 40.7 Å². The van der Waals surface area contributed by atoms with Crippen LogP contribution in [0.1, 0.15) is 17.1 Å². The van der Waals surface area contributed by atoms with Crippen LogP contribution >= 0.6 is 0 Å². The minimum atomic E-state index is 0.811. The highest BCUT2D eigenvalue weighted by atomic mass is 15.0. The molecule has 0 saturated heterocycles. The molecule has 19 heavy (non-hydrogen) atoms. The van der Waals surface area contributed by atoms with E-state index in [9.17, 15) is 0 Å². The topological polar surface area (TPSA) is 43.3 Å². The van der Waals surface area contributed by atoms with E-state index < -0.39 is 0 Å². The number of fused-ring (bicyclic) bond motifs is 1. The average Bonchev–Trinajstić information content (AvgIpc) is 2.76. The van der Waals surface area contributed by atoms with E-state index in [1.807, 2.05) is 24.3 Å². The molecule has 0 radical (unpaired) electrons. The standard InChI is InChI=1S/C16H17N3/c1-12-15-4-2-3-11-19(15)16(18-12)10-7-13-5-8-14(17)9-6-13/h2-6,8-9,11H,7,10,17H2,1H3. The molecule has 2 aromatic heterocycles. The predicted octanol–water partition coefficient (Wildman–Crippen LogP) is 3.01. The van der Waals surface area contributed by atoms with Crippen LogP contribution in [-0.2, 0) is 12.8 Å². The Morgan fingerprint density at radius 3 is 2.63 bits per heavy atom. The molecule has 0 saturated carbocycles. The molecule has 0 aliphatic heterocycles. The highest BCUT2D eigenvalue weighted by molar-refractivity contribution is 5.52. The van der Waals surface area contributed by atoms with Crippen molar-refractivity contribution in [3.8, 4) is 0 Å². The zero-order valence-corrected chi connectivity index (χ0v) is 11.0. The van der Waals surface area contributed by atoms with Gasteiger partial charge in [-0.15, -0.1) is 0 Å². The number of imidazole rings is 1. The molecule has 0 amide bonds. The van der Waals surface area contributed by atoms with Gasteiger partial charge in [-0.1, -0.05) is 18.2 Å². The smallest absolute Gasteiger partial charge is 0.113 e. The van der Waals surface area contributed by atoms with Crippen LogP contribution < -0.4 is 5.73 Å². The first-order valence-corrected chi connectivity index (χ1v) is 6.51. The number of nitrogen functional groups attached to an aromatic ring is 1. The van der Waals surface area contributed by atoms with Gasteiger partial charge in [-0.05, 0) is 43.2 Å². The molecule has 0 fully saturated rings. The molecular formula is C16H17N3. The Bertz CT molecular complexity index is 696. The van der Waals surface area contributed by atoms with Crippen molar-refractivity contribution in [3.63, 3.8) is 0 Å². The summed E-state index contributed by atoms with van der Waals surface area (Å²) in [6.45, 7) is 2.06. The van der Waals surface area contributed by atoms with Crippen LogP contribution in [0.5, 0.6) is 0 Å². The van der Waals surface area contributed by atoms with E-state index in [0.717, 1.165) is 30.0 Å². The normalized spacial score (nSPS) is 11.0. The first kappa shape index (κ1) is 11.8. The monoisotopic (exact) mass is 251 g/mol. The van der Waals surface area contributed by atoms with Crippen molar-refractivity contribution in [1.29, 1.82) is 0 Å². The number of pyridine rings is 1. The van der Waals surface area contributed by atoms with Gasteiger partial charge in [-0.2, -0.15) is 0 Å². The van der Waals surface area contributed by atoms with Crippen molar-refractivity contribution < 1.29 is 0 Å². The third-order valence-electron chi connectivity index (χ3n) is 3.42. The number of nitrogens with two attached hydrogens (primary N) is 1. The molecule has 0 aliphatic carbocycles. The molecule has 0 atom stereocenters. The quantitative estimate of drug-likeness (QED) is 0.727. The van der Waals surface area contributed by atoms with Crippen molar-refractivity contribution in [2.75, 3.05) is 5.73 Å². The summed E-state index contributed by atoms with van der Waals surface area (Å²) >= 11 is 0. The zero-order chi connectivity index (χ0) is 13.2. The van der Waals surface area contributed by atoms with Gasteiger partial charge in [0.15, 0.2) is 0 Å². The van der Waals surface area contributed by atoms with Gasteiger partial charge < -0.3 is 10.1 Å². The van der Waals surface area contributed by atoms with Crippen LogP contribution in [0.25, 0.3) is 5.52 Å². The van der Waals surface area contributed by atoms with E-state index >= 15 is 0 Å². The fourth-order valence-electron chi connectivity index (χ4n) is 2.38. The third kappa shape index (κ3) is 2.32. The SMILES string of the molecule is Cc1nc(CCc2ccc(N)cc2)n2ccccc12. The summed E-state index contributed by atoms with van der Waals surface area (Å²) < 4.78 is 2.17. The maximum atomic E-state index is 5.70. The Morgan fingerprint density at radius 1 is 1.05 bits per heavy atom. The Morgan fingerprint density at radius 2 is 1.84 bits per heavy atom. The summed E-state index contributed by atoms with van der Waals surface area (Å²) in [5.41, 5.74) is 10.1. The van der Waals surface area contributed by atoms with E-state index in [0.29, 0.717) is 0 Å². The lowest BCUT2D eigenvalue weighted by Crippen LogP contribution is -1.98. The highest BCUT2D eigenvalue weighted by Gasteiger charge is 2.06. The molecule has 0 bridgehead atoms. The fourth-order valence-corrected chi connectivity index (χ4v) is 2.38. The molecule has 1 aromatic carbocycles. The van der Waals surface area contributed by atoms with Gasteiger partial charge in [0.1, 0.15) is 5.82 Å². The molecule has 0 spiro atoms. The van der Waals surface area contributed by atoms with Gasteiger partial charge in [0.05, 0.1) is 11.2 Å². The zero-order valence-electron chi connectivity index (χ0n) is 11.0. The van der Waals surface area contributed by atoms with Gasteiger partial charge in [0.25, 0.3) is 0 Å². The lowest BCUT2D eigenvalue weighted by atomic mass is 10.1. The molecular weight excluding hydrogens is 234 g/mol. The molecule has 0 aliphatic rings. The number of benzene rings is 1. The van der Waals surface area contributed by atoms with Gasteiger partial charge >= 0.3 is 0 Å². The van der Waals surface area contributed by atoms with Gasteiger partial charge in [-0.25, -0.2) is 4.98 Å². The number of aryl methyl sites for hydroxylation is 3. The van der Waals surface area contributed by atoms with Crippen molar-refractivity contribution in [2.45, 2.75) is 19.8 Å². The lowest BCUT2D eigenvalue weighted by Gasteiger charge is -2.02. The lowest BCUT2D eigenvalue weighted by molar-refractivity contribution is 0.851. The molecule has 3 heteroatoms.